The largest absolute Gasteiger partial charge is 0.325 e. The van der Waals surface area contributed by atoms with Crippen LogP contribution in [0, 0.1) is 12.7 Å². The van der Waals surface area contributed by atoms with Crippen LogP contribution >= 0.6 is 0 Å². The molecule has 0 spiro atoms. The number of aryl methyl sites for hydroxylation is 2. The smallest absolute Gasteiger partial charge is 0.161 e. The van der Waals surface area contributed by atoms with Gasteiger partial charge in [-0.3, -0.25) is 9.08 Å². The van der Waals surface area contributed by atoms with Crippen LogP contribution in [0.15, 0.2) is 67.1 Å². The van der Waals surface area contributed by atoms with Crippen molar-refractivity contribution in [3.8, 4) is 11.1 Å². The third-order valence-corrected chi connectivity index (χ3v) is 5.21. The van der Waals surface area contributed by atoms with Crippen molar-refractivity contribution in [2.24, 2.45) is 7.05 Å². The van der Waals surface area contributed by atoms with Gasteiger partial charge in [-0.1, -0.05) is 12.1 Å². The second-order valence-corrected chi connectivity index (χ2v) is 7.43. The van der Waals surface area contributed by atoms with Crippen molar-refractivity contribution >= 4 is 17.3 Å². The Morgan fingerprint density at radius 3 is 2.65 bits per heavy atom. The lowest BCUT2D eigenvalue weighted by Crippen LogP contribution is -2.00. The molecule has 5 rings (SSSR count). The van der Waals surface area contributed by atoms with Gasteiger partial charge in [-0.05, 0) is 59.5 Å². The quantitative estimate of drug-likeness (QED) is 0.465. The summed E-state index contributed by atoms with van der Waals surface area (Å²) in [5.41, 5.74) is 4.19. The molecule has 0 amide bonds. The number of fused-ring (bicyclic) bond motifs is 1. The highest BCUT2D eigenvalue weighted by molar-refractivity contribution is 5.70. The summed E-state index contributed by atoms with van der Waals surface area (Å²) in [4.78, 5) is 4.39. The van der Waals surface area contributed by atoms with Gasteiger partial charge in [-0.15, -0.1) is 10.2 Å². The maximum absolute atomic E-state index is 14.3. The van der Waals surface area contributed by atoms with Gasteiger partial charge in [0, 0.05) is 31.9 Å². The van der Waals surface area contributed by atoms with E-state index in [9.17, 15) is 4.39 Å². The topological polar surface area (TPSA) is 72.9 Å². The van der Waals surface area contributed by atoms with E-state index in [0.717, 1.165) is 28.3 Å². The Labute approximate surface area is 178 Å². The summed E-state index contributed by atoms with van der Waals surface area (Å²) in [5.74, 6) is 2.04. The number of nitrogens with one attached hydrogen (secondary N) is 1. The minimum absolute atomic E-state index is 0.224. The first-order valence-corrected chi connectivity index (χ1v) is 9.87. The number of aromatic nitrogens is 6. The van der Waals surface area contributed by atoms with Gasteiger partial charge in [0.25, 0.3) is 0 Å². The van der Waals surface area contributed by atoms with E-state index in [1.165, 1.54) is 6.07 Å². The molecule has 0 bridgehead atoms. The molecule has 0 saturated heterocycles. The lowest BCUT2D eigenvalue weighted by atomic mass is 10.1. The number of pyridine rings is 2. The van der Waals surface area contributed by atoms with Gasteiger partial charge >= 0.3 is 0 Å². The molecule has 1 N–H and O–H groups in total. The van der Waals surface area contributed by atoms with Gasteiger partial charge < -0.3 is 5.32 Å². The van der Waals surface area contributed by atoms with Crippen LogP contribution in [0.5, 0.6) is 0 Å². The zero-order valence-electron chi connectivity index (χ0n) is 17.1. The van der Waals surface area contributed by atoms with Crippen molar-refractivity contribution < 1.29 is 4.39 Å². The number of rotatable bonds is 5. The summed E-state index contributed by atoms with van der Waals surface area (Å²) in [6.07, 6.45) is 5.78. The van der Waals surface area contributed by atoms with Crippen molar-refractivity contribution in [3.63, 3.8) is 0 Å². The molecule has 7 nitrogen and oxygen atoms in total. The normalized spacial score (nSPS) is 11.2. The molecule has 1 aromatic carbocycles. The molecule has 0 aliphatic heterocycles. The van der Waals surface area contributed by atoms with E-state index < -0.39 is 0 Å². The van der Waals surface area contributed by atoms with Crippen LogP contribution in [0.4, 0.5) is 16.0 Å². The Kier molecular flexibility index (Phi) is 4.66. The van der Waals surface area contributed by atoms with Crippen LogP contribution in [0.25, 0.3) is 16.8 Å². The number of nitrogens with zero attached hydrogens (tertiary/aromatic N) is 6. The molecular weight excluding hydrogens is 393 g/mol. The van der Waals surface area contributed by atoms with E-state index in [0.29, 0.717) is 23.5 Å². The van der Waals surface area contributed by atoms with Gasteiger partial charge in [-0.2, -0.15) is 5.10 Å². The van der Waals surface area contributed by atoms with E-state index in [2.05, 4.69) is 25.6 Å². The second-order valence-electron chi connectivity index (χ2n) is 7.43. The van der Waals surface area contributed by atoms with Crippen LogP contribution in [-0.4, -0.2) is 29.4 Å². The van der Waals surface area contributed by atoms with Gasteiger partial charge in [0.2, 0.25) is 0 Å². The lowest BCUT2D eigenvalue weighted by Gasteiger charge is -2.08. The predicted octanol–water partition coefficient (Wildman–Crippen LogP) is 4.31. The Hall–Kier alpha value is -4.07. The maximum Gasteiger partial charge on any atom is 0.161 e. The summed E-state index contributed by atoms with van der Waals surface area (Å²) in [6, 6.07) is 15.0. The maximum atomic E-state index is 14.3. The van der Waals surface area contributed by atoms with Crippen LogP contribution in [0.1, 0.15) is 17.0 Å². The zero-order chi connectivity index (χ0) is 21.4. The third kappa shape index (κ3) is 3.75. The molecule has 0 aliphatic carbocycles. The predicted molar refractivity (Wildman–Crippen MR) is 117 cm³/mol. The molecule has 0 fully saturated rings. The molecule has 0 saturated carbocycles. The van der Waals surface area contributed by atoms with Crippen LogP contribution in [0.3, 0.4) is 0 Å². The lowest BCUT2D eigenvalue weighted by molar-refractivity contribution is 0.610. The standard InChI is InChI=1S/C23H20FN7/c1-15-3-4-18(19(24)11-15)14-23-29-28-22-13-17(7-10-31(22)23)16-5-8-25-20(12-16)27-21-6-9-26-30(21)2/h3-13H,14H2,1-2H3,(H,25,27). The molecule has 4 aromatic heterocycles. The number of halogens is 1. The molecule has 31 heavy (non-hydrogen) atoms. The average Bonchev–Trinajstić information content (AvgIpc) is 3.36. The summed E-state index contributed by atoms with van der Waals surface area (Å²) < 4.78 is 17.9. The molecule has 0 unspecified atom stereocenters. The van der Waals surface area contributed by atoms with Crippen molar-refractivity contribution in [1.82, 2.24) is 29.4 Å². The first-order chi connectivity index (χ1) is 15.1. The van der Waals surface area contributed by atoms with Gasteiger partial charge in [0.05, 0.1) is 6.20 Å². The summed E-state index contributed by atoms with van der Waals surface area (Å²) >= 11 is 0. The third-order valence-electron chi connectivity index (χ3n) is 5.21. The van der Waals surface area contributed by atoms with Crippen molar-refractivity contribution in [2.45, 2.75) is 13.3 Å². The zero-order valence-corrected chi connectivity index (χ0v) is 17.1. The van der Waals surface area contributed by atoms with Gasteiger partial charge in [-0.25, -0.2) is 9.37 Å². The highest BCUT2D eigenvalue weighted by atomic mass is 19.1. The number of hydrogen-bond donors (Lipinski definition) is 1. The molecule has 8 heteroatoms. The number of benzene rings is 1. The molecule has 0 radical (unpaired) electrons. The summed E-state index contributed by atoms with van der Waals surface area (Å²) in [5, 5.41) is 16.0. The molecule has 0 aliphatic rings. The molecule has 154 valence electrons. The summed E-state index contributed by atoms with van der Waals surface area (Å²) in [6.45, 7) is 1.87. The second kappa shape index (κ2) is 7.64. The number of hydrogen-bond acceptors (Lipinski definition) is 5. The van der Waals surface area contributed by atoms with Crippen LogP contribution in [-0.2, 0) is 13.5 Å². The van der Waals surface area contributed by atoms with Gasteiger partial charge in [0.15, 0.2) is 5.65 Å². The minimum atomic E-state index is -0.224. The SMILES string of the molecule is Cc1ccc(Cc2nnc3cc(-c4ccnc(Nc5ccnn5C)c4)ccn23)c(F)c1. The number of anilines is 2. The van der Waals surface area contributed by atoms with Crippen molar-refractivity contribution in [1.29, 1.82) is 0 Å². The molecule has 5 aromatic rings. The first kappa shape index (κ1) is 18.9. The fraction of sp³-hybridized carbons (Fsp3) is 0.130. The highest BCUT2D eigenvalue weighted by Crippen LogP contribution is 2.24. The van der Waals surface area contributed by atoms with Crippen molar-refractivity contribution in [2.75, 3.05) is 5.32 Å². The summed E-state index contributed by atoms with van der Waals surface area (Å²) in [7, 11) is 1.87. The van der Waals surface area contributed by atoms with E-state index >= 15 is 0 Å². The fourth-order valence-corrected chi connectivity index (χ4v) is 3.51. The van der Waals surface area contributed by atoms with E-state index in [1.54, 1.807) is 23.1 Å². The Morgan fingerprint density at radius 1 is 0.968 bits per heavy atom. The van der Waals surface area contributed by atoms with E-state index in [1.807, 2.05) is 61.0 Å². The van der Waals surface area contributed by atoms with Crippen molar-refractivity contribution in [3.05, 3.63) is 89.9 Å². The van der Waals surface area contributed by atoms with Crippen LogP contribution in [0.2, 0.25) is 0 Å². The van der Waals surface area contributed by atoms with E-state index in [4.69, 9.17) is 0 Å². The Bertz CT molecular complexity index is 1390. The molecular formula is C23H20FN7. The van der Waals surface area contributed by atoms with Gasteiger partial charge in [0.1, 0.15) is 23.3 Å². The minimum Gasteiger partial charge on any atom is -0.325 e. The Balaban J connectivity index is 1.43. The van der Waals surface area contributed by atoms with E-state index in [-0.39, 0.29) is 5.82 Å². The fourth-order valence-electron chi connectivity index (χ4n) is 3.51. The molecule has 4 heterocycles. The first-order valence-electron chi connectivity index (χ1n) is 9.87. The Morgan fingerprint density at radius 2 is 1.84 bits per heavy atom. The average molecular weight is 413 g/mol. The molecule has 0 atom stereocenters. The monoisotopic (exact) mass is 413 g/mol. The van der Waals surface area contributed by atoms with Crippen LogP contribution < -0.4 is 5.32 Å². The highest BCUT2D eigenvalue weighted by Gasteiger charge is 2.11.